The summed E-state index contributed by atoms with van der Waals surface area (Å²) < 4.78 is 0. The number of nitrogens with zero attached hydrogens (tertiary/aromatic N) is 2. The first kappa shape index (κ1) is 13.5. The predicted molar refractivity (Wildman–Crippen MR) is 66.4 cm³/mol. The standard InChI is InChI=1S/C12H25N3O/c1-10(2)15(11(3)4)12(16)9-14-7-5-13-6-8-14/h10-11,13H,5-9H2,1-4H3. The van der Waals surface area contributed by atoms with Gasteiger partial charge in [-0.15, -0.1) is 0 Å². The molecule has 0 saturated carbocycles. The van der Waals surface area contributed by atoms with Crippen molar-refractivity contribution in [2.24, 2.45) is 0 Å². The lowest BCUT2D eigenvalue weighted by Crippen LogP contribution is -2.51. The largest absolute Gasteiger partial charge is 0.337 e. The number of hydrogen-bond acceptors (Lipinski definition) is 3. The molecule has 1 heterocycles. The van der Waals surface area contributed by atoms with Crippen molar-refractivity contribution in [3.63, 3.8) is 0 Å². The summed E-state index contributed by atoms with van der Waals surface area (Å²) in [5, 5.41) is 3.30. The molecule has 0 aromatic carbocycles. The van der Waals surface area contributed by atoms with Crippen LogP contribution in [0.3, 0.4) is 0 Å². The molecule has 0 unspecified atom stereocenters. The smallest absolute Gasteiger partial charge is 0.237 e. The zero-order valence-electron chi connectivity index (χ0n) is 11.0. The van der Waals surface area contributed by atoms with E-state index >= 15 is 0 Å². The van der Waals surface area contributed by atoms with Crippen molar-refractivity contribution >= 4 is 5.91 Å². The van der Waals surface area contributed by atoms with E-state index in [0.29, 0.717) is 6.54 Å². The van der Waals surface area contributed by atoms with Gasteiger partial charge in [-0.1, -0.05) is 0 Å². The van der Waals surface area contributed by atoms with Gasteiger partial charge in [0.25, 0.3) is 0 Å². The quantitative estimate of drug-likeness (QED) is 0.761. The van der Waals surface area contributed by atoms with Crippen LogP contribution < -0.4 is 5.32 Å². The molecule has 4 nitrogen and oxygen atoms in total. The van der Waals surface area contributed by atoms with Gasteiger partial charge in [0.05, 0.1) is 6.54 Å². The Kier molecular flexibility index (Phi) is 5.22. The zero-order valence-corrected chi connectivity index (χ0v) is 11.0. The number of carbonyl (C=O) groups is 1. The molecule has 1 saturated heterocycles. The third kappa shape index (κ3) is 3.76. The molecule has 0 spiro atoms. The van der Waals surface area contributed by atoms with Crippen LogP contribution in [0.25, 0.3) is 0 Å². The SMILES string of the molecule is CC(C)N(C(=O)CN1CCNCC1)C(C)C. The fraction of sp³-hybridized carbons (Fsp3) is 0.917. The van der Waals surface area contributed by atoms with Crippen molar-refractivity contribution in [3.05, 3.63) is 0 Å². The molecule has 0 radical (unpaired) electrons. The maximum absolute atomic E-state index is 12.2. The first-order valence-electron chi connectivity index (χ1n) is 6.26. The number of piperazine rings is 1. The molecule has 16 heavy (non-hydrogen) atoms. The molecule has 1 fully saturated rings. The van der Waals surface area contributed by atoms with E-state index in [1.54, 1.807) is 0 Å². The predicted octanol–water partition coefficient (Wildman–Crippen LogP) is 0.537. The van der Waals surface area contributed by atoms with Crippen molar-refractivity contribution < 1.29 is 4.79 Å². The van der Waals surface area contributed by atoms with E-state index < -0.39 is 0 Å². The van der Waals surface area contributed by atoms with Crippen molar-refractivity contribution in [1.29, 1.82) is 0 Å². The minimum Gasteiger partial charge on any atom is -0.337 e. The van der Waals surface area contributed by atoms with Gasteiger partial charge in [-0.25, -0.2) is 0 Å². The molecular formula is C12H25N3O. The van der Waals surface area contributed by atoms with E-state index in [-0.39, 0.29) is 18.0 Å². The van der Waals surface area contributed by atoms with Gasteiger partial charge in [-0.3, -0.25) is 9.69 Å². The van der Waals surface area contributed by atoms with Crippen LogP contribution in [0.4, 0.5) is 0 Å². The van der Waals surface area contributed by atoms with Crippen LogP contribution in [0, 0.1) is 0 Å². The Labute approximate surface area is 99.0 Å². The van der Waals surface area contributed by atoms with Gasteiger partial charge in [-0.05, 0) is 27.7 Å². The molecule has 4 heteroatoms. The first-order chi connectivity index (χ1) is 7.52. The molecule has 1 aliphatic rings. The van der Waals surface area contributed by atoms with Crippen LogP contribution in [-0.4, -0.2) is 60.5 Å². The number of carbonyl (C=O) groups excluding carboxylic acids is 1. The maximum Gasteiger partial charge on any atom is 0.237 e. The third-order valence-electron chi connectivity index (χ3n) is 2.97. The van der Waals surface area contributed by atoms with Crippen molar-refractivity contribution in [2.75, 3.05) is 32.7 Å². The summed E-state index contributed by atoms with van der Waals surface area (Å²) in [6.07, 6.45) is 0. The van der Waals surface area contributed by atoms with Gasteiger partial charge >= 0.3 is 0 Å². The Morgan fingerprint density at radius 1 is 1.19 bits per heavy atom. The second-order valence-corrected chi connectivity index (χ2v) is 5.01. The highest BCUT2D eigenvalue weighted by Gasteiger charge is 2.22. The molecule has 0 bridgehead atoms. The van der Waals surface area contributed by atoms with Gasteiger partial charge in [0.1, 0.15) is 0 Å². The molecule has 0 atom stereocenters. The summed E-state index contributed by atoms with van der Waals surface area (Å²) >= 11 is 0. The number of amides is 1. The summed E-state index contributed by atoms with van der Waals surface area (Å²) in [6, 6.07) is 0.575. The Morgan fingerprint density at radius 2 is 1.69 bits per heavy atom. The van der Waals surface area contributed by atoms with Crippen LogP contribution in [0.1, 0.15) is 27.7 Å². The molecule has 1 N–H and O–H groups in total. The maximum atomic E-state index is 12.2. The Balaban J connectivity index is 2.47. The highest BCUT2D eigenvalue weighted by Crippen LogP contribution is 2.06. The fourth-order valence-electron chi connectivity index (χ4n) is 2.31. The van der Waals surface area contributed by atoms with Crippen LogP contribution in [0.15, 0.2) is 0 Å². The Bertz CT molecular complexity index is 214. The van der Waals surface area contributed by atoms with Gasteiger partial charge in [0, 0.05) is 38.3 Å². The van der Waals surface area contributed by atoms with Gasteiger partial charge < -0.3 is 10.2 Å². The zero-order chi connectivity index (χ0) is 12.1. The molecular weight excluding hydrogens is 202 g/mol. The average Bonchev–Trinajstić information content (AvgIpc) is 2.17. The van der Waals surface area contributed by atoms with Gasteiger partial charge in [0.15, 0.2) is 0 Å². The monoisotopic (exact) mass is 227 g/mol. The molecule has 1 aliphatic heterocycles. The summed E-state index contributed by atoms with van der Waals surface area (Å²) in [4.78, 5) is 16.4. The number of nitrogens with one attached hydrogen (secondary N) is 1. The molecule has 1 rings (SSSR count). The second-order valence-electron chi connectivity index (χ2n) is 5.01. The average molecular weight is 227 g/mol. The van der Waals surface area contributed by atoms with E-state index in [1.807, 2.05) is 4.90 Å². The minimum atomic E-state index is 0.256. The Hall–Kier alpha value is -0.610. The summed E-state index contributed by atoms with van der Waals surface area (Å²) in [5.41, 5.74) is 0. The lowest BCUT2D eigenvalue weighted by Gasteiger charge is -2.34. The topological polar surface area (TPSA) is 35.6 Å². The summed E-state index contributed by atoms with van der Waals surface area (Å²) in [6.45, 7) is 12.8. The summed E-state index contributed by atoms with van der Waals surface area (Å²) in [7, 11) is 0. The van der Waals surface area contributed by atoms with Crippen LogP contribution in [-0.2, 0) is 4.79 Å². The highest BCUT2D eigenvalue weighted by atomic mass is 16.2. The van der Waals surface area contributed by atoms with E-state index in [1.165, 1.54) is 0 Å². The molecule has 0 aliphatic carbocycles. The molecule has 0 aromatic rings. The lowest BCUT2D eigenvalue weighted by atomic mass is 10.2. The van der Waals surface area contributed by atoms with E-state index in [4.69, 9.17) is 0 Å². The van der Waals surface area contributed by atoms with Gasteiger partial charge in [0.2, 0.25) is 5.91 Å². The fourth-order valence-corrected chi connectivity index (χ4v) is 2.31. The van der Waals surface area contributed by atoms with Crippen molar-refractivity contribution in [1.82, 2.24) is 15.1 Å². The minimum absolute atomic E-state index is 0.256. The molecule has 0 aromatic heterocycles. The van der Waals surface area contributed by atoms with Crippen LogP contribution in [0.2, 0.25) is 0 Å². The molecule has 1 amide bonds. The van der Waals surface area contributed by atoms with E-state index in [0.717, 1.165) is 26.2 Å². The first-order valence-corrected chi connectivity index (χ1v) is 6.26. The summed E-state index contributed by atoms with van der Waals surface area (Å²) in [5.74, 6) is 0.256. The number of hydrogen-bond donors (Lipinski definition) is 1. The highest BCUT2D eigenvalue weighted by molar-refractivity contribution is 5.78. The van der Waals surface area contributed by atoms with Crippen molar-refractivity contribution in [2.45, 2.75) is 39.8 Å². The second kappa shape index (κ2) is 6.21. The molecule has 94 valence electrons. The van der Waals surface area contributed by atoms with E-state index in [9.17, 15) is 4.79 Å². The lowest BCUT2D eigenvalue weighted by molar-refractivity contribution is -0.136. The number of rotatable bonds is 4. The normalized spacial score (nSPS) is 18.1. The Morgan fingerprint density at radius 3 is 2.12 bits per heavy atom. The van der Waals surface area contributed by atoms with Crippen molar-refractivity contribution in [3.8, 4) is 0 Å². The van der Waals surface area contributed by atoms with Crippen LogP contribution >= 0.6 is 0 Å². The van der Waals surface area contributed by atoms with Gasteiger partial charge in [-0.2, -0.15) is 0 Å². The third-order valence-corrected chi connectivity index (χ3v) is 2.97. The van der Waals surface area contributed by atoms with Crippen LogP contribution in [0.5, 0.6) is 0 Å². The van der Waals surface area contributed by atoms with E-state index in [2.05, 4.69) is 37.9 Å².